The van der Waals surface area contributed by atoms with Crippen molar-refractivity contribution in [3.8, 4) is 6.07 Å². The van der Waals surface area contributed by atoms with Gasteiger partial charge in [0.25, 0.3) is 5.91 Å². The zero-order valence-corrected chi connectivity index (χ0v) is 10.8. The van der Waals surface area contributed by atoms with E-state index in [2.05, 4.69) is 11.2 Å². The Morgan fingerprint density at radius 1 is 1.72 bits per heavy atom. The molecule has 0 N–H and O–H groups in total. The van der Waals surface area contributed by atoms with Crippen LogP contribution in [0.3, 0.4) is 0 Å². The van der Waals surface area contributed by atoms with Gasteiger partial charge in [0, 0.05) is 26.3 Å². The van der Waals surface area contributed by atoms with E-state index in [-0.39, 0.29) is 24.1 Å². The predicted octanol–water partition coefficient (Wildman–Crippen LogP) is 1.44. The minimum atomic E-state index is -0.231. The molecule has 18 heavy (non-hydrogen) atoms. The molecule has 0 saturated heterocycles. The standard InChI is InChI=1S/C12H17N3O3/c1-4-15(7-9(2)6-13)12(16)11-5-10(8-17-3)18-14-11/h5,9H,4,7-8H2,1-3H3. The second-order valence-corrected chi connectivity index (χ2v) is 3.99. The van der Waals surface area contributed by atoms with Crippen LogP contribution >= 0.6 is 0 Å². The molecule has 1 rings (SSSR count). The number of carbonyl (C=O) groups excluding carboxylic acids is 1. The lowest BCUT2D eigenvalue weighted by molar-refractivity contribution is 0.0741. The first kappa shape index (κ1) is 14.2. The zero-order chi connectivity index (χ0) is 13.5. The summed E-state index contributed by atoms with van der Waals surface area (Å²) in [7, 11) is 1.54. The smallest absolute Gasteiger partial charge is 0.276 e. The van der Waals surface area contributed by atoms with Crippen molar-refractivity contribution in [2.45, 2.75) is 20.5 Å². The summed E-state index contributed by atoms with van der Waals surface area (Å²) in [6.07, 6.45) is 0. The van der Waals surface area contributed by atoms with Gasteiger partial charge in [0.2, 0.25) is 0 Å². The molecule has 0 spiro atoms. The SMILES string of the molecule is CCN(CC(C)C#N)C(=O)c1cc(COC)on1. The van der Waals surface area contributed by atoms with Crippen LogP contribution in [0.15, 0.2) is 10.6 Å². The maximum absolute atomic E-state index is 12.1. The number of nitriles is 1. The molecule has 0 fully saturated rings. The van der Waals surface area contributed by atoms with Crippen molar-refractivity contribution in [3.63, 3.8) is 0 Å². The van der Waals surface area contributed by atoms with Crippen LogP contribution in [0.4, 0.5) is 0 Å². The van der Waals surface area contributed by atoms with Gasteiger partial charge in [-0.25, -0.2) is 0 Å². The number of hydrogen-bond acceptors (Lipinski definition) is 5. The molecule has 0 aliphatic rings. The summed E-state index contributed by atoms with van der Waals surface area (Å²) in [4.78, 5) is 13.7. The van der Waals surface area contributed by atoms with E-state index in [1.807, 2.05) is 6.92 Å². The molecule has 1 amide bonds. The maximum atomic E-state index is 12.1. The molecule has 1 aromatic heterocycles. The third-order valence-electron chi connectivity index (χ3n) is 2.45. The van der Waals surface area contributed by atoms with Crippen LogP contribution < -0.4 is 0 Å². The van der Waals surface area contributed by atoms with Gasteiger partial charge in [-0.15, -0.1) is 0 Å². The third kappa shape index (κ3) is 3.57. The first-order valence-corrected chi connectivity index (χ1v) is 5.75. The first-order valence-electron chi connectivity index (χ1n) is 5.75. The Balaban J connectivity index is 2.73. The summed E-state index contributed by atoms with van der Waals surface area (Å²) >= 11 is 0. The summed E-state index contributed by atoms with van der Waals surface area (Å²) in [6, 6.07) is 3.66. The maximum Gasteiger partial charge on any atom is 0.276 e. The lowest BCUT2D eigenvalue weighted by Crippen LogP contribution is -2.34. The zero-order valence-electron chi connectivity index (χ0n) is 10.8. The van der Waals surface area contributed by atoms with E-state index in [4.69, 9.17) is 14.5 Å². The molecule has 1 aromatic rings. The van der Waals surface area contributed by atoms with Crippen molar-refractivity contribution in [2.75, 3.05) is 20.2 Å². The quantitative estimate of drug-likeness (QED) is 0.764. The molecular weight excluding hydrogens is 234 g/mol. The van der Waals surface area contributed by atoms with Gasteiger partial charge in [0.05, 0.1) is 12.0 Å². The molecule has 0 radical (unpaired) electrons. The molecule has 0 bridgehead atoms. The molecule has 1 unspecified atom stereocenters. The van der Waals surface area contributed by atoms with E-state index in [0.29, 0.717) is 18.8 Å². The van der Waals surface area contributed by atoms with E-state index in [9.17, 15) is 4.79 Å². The Bertz CT molecular complexity index is 436. The minimum absolute atomic E-state index is 0.209. The van der Waals surface area contributed by atoms with Crippen LogP contribution in [-0.2, 0) is 11.3 Å². The Labute approximate surface area is 106 Å². The van der Waals surface area contributed by atoms with Gasteiger partial charge in [0.1, 0.15) is 6.61 Å². The number of ether oxygens (including phenoxy) is 1. The fraction of sp³-hybridized carbons (Fsp3) is 0.583. The lowest BCUT2D eigenvalue weighted by atomic mass is 10.2. The molecule has 1 heterocycles. The molecule has 0 saturated carbocycles. The fourth-order valence-corrected chi connectivity index (χ4v) is 1.51. The van der Waals surface area contributed by atoms with Gasteiger partial charge in [0.15, 0.2) is 11.5 Å². The Morgan fingerprint density at radius 2 is 2.44 bits per heavy atom. The fourth-order valence-electron chi connectivity index (χ4n) is 1.51. The average molecular weight is 251 g/mol. The Morgan fingerprint density at radius 3 is 3.00 bits per heavy atom. The van der Waals surface area contributed by atoms with E-state index in [1.165, 1.54) is 7.11 Å². The minimum Gasteiger partial charge on any atom is -0.377 e. The molecule has 0 aliphatic heterocycles. The van der Waals surface area contributed by atoms with Crippen LogP contribution in [0.25, 0.3) is 0 Å². The number of carbonyl (C=O) groups is 1. The number of amides is 1. The highest BCUT2D eigenvalue weighted by Crippen LogP contribution is 2.09. The highest BCUT2D eigenvalue weighted by Gasteiger charge is 2.20. The molecule has 0 aromatic carbocycles. The molecule has 6 heteroatoms. The normalized spacial score (nSPS) is 11.9. The molecule has 98 valence electrons. The number of methoxy groups -OCH3 is 1. The van der Waals surface area contributed by atoms with Crippen LogP contribution in [0.2, 0.25) is 0 Å². The van der Waals surface area contributed by atoms with Crippen molar-refractivity contribution in [3.05, 3.63) is 17.5 Å². The van der Waals surface area contributed by atoms with Crippen molar-refractivity contribution in [1.82, 2.24) is 10.1 Å². The van der Waals surface area contributed by atoms with Crippen LogP contribution in [0.1, 0.15) is 30.1 Å². The number of hydrogen-bond donors (Lipinski definition) is 0. The van der Waals surface area contributed by atoms with Crippen molar-refractivity contribution < 1.29 is 14.1 Å². The van der Waals surface area contributed by atoms with Crippen molar-refractivity contribution >= 4 is 5.91 Å². The monoisotopic (exact) mass is 251 g/mol. The lowest BCUT2D eigenvalue weighted by Gasteiger charge is -2.20. The van der Waals surface area contributed by atoms with Crippen molar-refractivity contribution in [1.29, 1.82) is 5.26 Å². The first-order chi connectivity index (χ1) is 8.62. The van der Waals surface area contributed by atoms with E-state index in [0.717, 1.165) is 0 Å². The number of rotatable bonds is 6. The summed E-state index contributed by atoms with van der Waals surface area (Å²) < 4.78 is 9.85. The largest absolute Gasteiger partial charge is 0.377 e. The number of nitrogens with zero attached hydrogens (tertiary/aromatic N) is 3. The highest BCUT2D eigenvalue weighted by atomic mass is 16.5. The predicted molar refractivity (Wildman–Crippen MR) is 63.6 cm³/mol. The van der Waals surface area contributed by atoms with Gasteiger partial charge >= 0.3 is 0 Å². The molecule has 6 nitrogen and oxygen atoms in total. The molecule has 0 aliphatic carbocycles. The number of aromatic nitrogens is 1. The van der Waals surface area contributed by atoms with Crippen molar-refractivity contribution in [2.24, 2.45) is 5.92 Å². The Hall–Kier alpha value is -1.87. The molecular formula is C12H17N3O3. The summed E-state index contributed by atoms with van der Waals surface area (Å²) in [5, 5.41) is 12.5. The summed E-state index contributed by atoms with van der Waals surface area (Å²) in [5.41, 5.74) is 0.244. The van der Waals surface area contributed by atoms with E-state index < -0.39 is 0 Å². The average Bonchev–Trinajstić information content (AvgIpc) is 2.83. The van der Waals surface area contributed by atoms with Gasteiger partial charge in [-0.1, -0.05) is 5.16 Å². The summed E-state index contributed by atoms with van der Waals surface area (Å²) in [6.45, 7) is 4.82. The third-order valence-corrected chi connectivity index (χ3v) is 2.45. The van der Waals surface area contributed by atoms with Gasteiger partial charge in [-0.2, -0.15) is 5.26 Å². The highest BCUT2D eigenvalue weighted by molar-refractivity contribution is 5.92. The van der Waals surface area contributed by atoms with E-state index >= 15 is 0 Å². The van der Waals surface area contributed by atoms with Gasteiger partial charge in [-0.3, -0.25) is 4.79 Å². The van der Waals surface area contributed by atoms with Gasteiger partial charge in [-0.05, 0) is 13.8 Å². The van der Waals surface area contributed by atoms with Crippen LogP contribution in [0, 0.1) is 17.2 Å². The Kier molecular flexibility index (Phi) is 5.33. The van der Waals surface area contributed by atoms with Gasteiger partial charge < -0.3 is 14.2 Å². The molecule has 1 atom stereocenters. The summed E-state index contributed by atoms with van der Waals surface area (Å²) in [5.74, 6) is 0.0650. The second kappa shape index (κ2) is 6.77. The van der Waals surface area contributed by atoms with Crippen LogP contribution in [0.5, 0.6) is 0 Å². The topological polar surface area (TPSA) is 79.4 Å². The van der Waals surface area contributed by atoms with Crippen LogP contribution in [-0.4, -0.2) is 36.2 Å². The second-order valence-electron chi connectivity index (χ2n) is 3.99. The van der Waals surface area contributed by atoms with E-state index in [1.54, 1.807) is 17.9 Å².